The van der Waals surface area contributed by atoms with Crippen LogP contribution in [0.4, 0.5) is 30.4 Å². The van der Waals surface area contributed by atoms with Crippen LogP contribution in [0.25, 0.3) is 0 Å². The molecule has 0 aliphatic rings. The predicted octanol–water partition coefficient (Wildman–Crippen LogP) is 4.56. The van der Waals surface area contributed by atoms with Gasteiger partial charge < -0.3 is 10.6 Å². The second kappa shape index (κ2) is 6.71. The zero-order chi connectivity index (χ0) is 17.1. The molecule has 0 saturated heterocycles. The van der Waals surface area contributed by atoms with Crippen LogP contribution in [0, 0.1) is 17.5 Å². The average Bonchev–Trinajstić information content (AvgIpc) is 3.12. The van der Waals surface area contributed by atoms with Crippen LogP contribution < -0.4 is 10.6 Å². The van der Waals surface area contributed by atoms with E-state index in [4.69, 9.17) is 0 Å². The molecular weight excluding hydrogens is 339 g/mol. The summed E-state index contributed by atoms with van der Waals surface area (Å²) < 4.78 is 39.7. The number of rotatable bonds is 4. The van der Waals surface area contributed by atoms with E-state index in [2.05, 4.69) is 15.6 Å². The molecule has 0 saturated carbocycles. The highest BCUT2D eigenvalue weighted by molar-refractivity contribution is 7.12. The molecule has 0 unspecified atom stereocenters. The third-order valence-corrected chi connectivity index (χ3v) is 3.93. The Morgan fingerprint density at radius 3 is 2.54 bits per heavy atom. The molecule has 24 heavy (non-hydrogen) atoms. The third-order valence-electron chi connectivity index (χ3n) is 3.06. The highest BCUT2D eigenvalue weighted by atomic mass is 32.1. The van der Waals surface area contributed by atoms with E-state index in [1.54, 1.807) is 17.5 Å². The van der Waals surface area contributed by atoms with Gasteiger partial charge in [-0.3, -0.25) is 4.79 Å². The maximum Gasteiger partial charge on any atom is 0.266 e. The Morgan fingerprint density at radius 2 is 1.88 bits per heavy atom. The quantitative estimate of drug-likeness (QED) is 0.679. The Labute approximate surface area is 139 Å². The maximum atomic E-state index is 13.6. The van der Waals surface area contributed by atoms with Crippen molar-refractivity contribution >= 4 is 34.4 Å². The first-order valence-corrected chi connectivity index (χ1v) is 7.64. The van der Waals surface area contributed by atoms with Crippen LogP contribution in [0.1, 0.15) is 9.67 Å². The van der Waals surface area contributed by atoms with E-state index < -0.39 is 17.5 Å². The Bertz CT molecular complexity index is 867. The topological polar surface area (TPSA) is 54.0 Å². The summed E-state index contributed by atoms with van der Waals surface area (Å²) in [6.07, 6.45) is 1.34. The number of nitrogens with zero attached hydrogens (tertiary/aromatic N) is 1. The molecule has 2 N–H and O–H groups in total. The second-order valence-electron chi connectivity index (χ2n) is 4.71. The molecule has 0 aliphatic carbocycles. The number of thiophene rings is 1. The highest BCUT2D eigenvalue weighted by Crippen LogP contribution is 2.23. The number of nitrogens with one attached hydrogen (secondary N) is 2. The van der Waals surface area contributed by atoms with Crippen molar-refractivity contribution in [2.75, 3.05) is 10.6 Å². The van der Waals surface area contributed by atoms with Gasteiger partial charge in [0.25, 0.3) is 5.91 Å². The Hall–Kier alpha value is -2.87. The molecule has 0 spiro atoms. The van der Waals surface area contributed by atoms with Crippen molar-refractivity contribution in [3.8, 4) is 0 Å². The van der Waals surface area contributed by atoms with Gasteiger partial charge in [-0.1, -0.05) is 6.07 Å². The van der Waals surface area contributed by atoms with Gasteiger partial charge in [0.1, 0.15) is 5.82 Å². The van der Waals surface area contributed by atoms with Gasteiger partial charge in [0.15, 0.2) is 17.5 Å². The number of hydrogen-bond donors (Lipinski definition) is 2. The first-order chi connectivity index (χ1) is 11.5. The molecule has 0 atom stereocenters. The average molecular weight is 349 g/mol. The van der Waals surface area contributed by atoms with Gasteiger partial charge in [-0.2, -0.15) is 0 Å². The molecular formula is C16H10F3N3OS. The van der Waals surface area contributed by atoms with Gasteiger partial charge in [0.05, 0.1) is 22.4 Å². The van der Waals surface area contributed by atoms with Gasteiger partial charge in [0.2, 0.25) is 0 Å². The molecule has 1 aromatic carbocycles. The van der Waals surface area contributed by atoms with Crippen molar-refractivity contribution < 1.29 is 18.0 Å². The van der Waals surface area contributed by atoms with E-state index in [1.807, 2.05) is 0 Å². The molecule has 2 heterocycles. The molecule has 4 nitrogen and oxygen atoms in total. The zero-order valence-corrected chi connectivity index (χ0v) is 12.8. The second-order valence-corrected chi connectivity index (χ2v) is 5.66. The maximum absolute atomic E-state index is 13.6. The number of hydrogen-bond acceptors (Lipinski definition) is 4. The normalized spacial score (nSPS) is 10.5. The van der Waals surface area contributed by atoms with Crippen LogP contribution in [0.15, 0.2) is 48.0 Å². The van der Waals surface area contributed by atoms with E-state index in [9.17, 15) is 18.0 Å². The molecule has 0 radical (unpaired) electrons. The lowest BCUT2D eigenvalue weighted by atomic mass is 10.2. The summed E-state index contributed by atoms with van der Waals surface area (Å²) in [5.74, 6) is -4.10. The minimum Gasteiger partial charge on any atom is -0.352 e. The number of amides is 1. The van der Waals surface area contributed by atoms with Crippen LogP contribution in [-0.4, -0.2) is 10.9 Å². The van der Waals surface area contributed by atoms with Gasteiger partial charge in [0, 0.05) is 0 Å². The van der Waals surface area contributed by atoms with Crippen molar-refractivity contribution in [3.63, 3.8) is 0 Å². The Balaban J connectivity index is 1.71. The Morgan fingerprint density at radius 1 is 1.04 bits per heavy atom. The summed E-state index contributed by atoms with van der Waals surface area (Å²) in [5.41, 5.74) is 0.139. The molecule has 2 aromatic heterocycles. The number of aromatic nitrogens is 1. The number of carbonyl (C=O) groups excluding carboxylic acids is 1. The largest absolute Gasteiger partial charge is 0.352 e. The van der Waals surface area contributed by atoms with Gasteiger partial charge in [-0.25, -0.2) is 18.2 Å². The lowest BCUT2D eigenvalue weighted by Crippen LogP contribution is -2.11. The number of carbonyl (C=O) groups is 1. The molecule has 8 heteroatoms. The van der Waals surface area contributed by atoms with Crippen LogP contribution in [-0.2, 0) is 0 Å². The molecule has 3 aromatic rings. The van der Waals surface area contributed by atoms with Crippen LogP contribution in [0.3, 0.4) is 0 Å². The lowest BCUT2D eigenvalue weighted by Gasteiger charge is -2.09. The van der Waals surface area contributed by atoms with E-state index in [1.165, 1.54) is 29.7 Å². The molecule has 0 fully saturated rings. The molecule has 0 aliphatic heterocycles. The van der Waals surface area contributed by atoms with Crippen molar-refractivity contribution in [3.05, 3.63) is 70.3 Å². The molecule has 0 bridgehead atoms. The first-order valence-electron chi connectivity index (χ1n) is 6.76. The van der Waals surface area contributed by atoms with E-state index >= 15 is 0 Å². The molecule has 3 rings (SSSR count). The minimum absolute atomic E-state index is 0.217. The van der Waals surface area contributed by atoms with Crippen molar-refractivity contribution in [1.29, 1.82) is 0 Å². The standard InChI is InChI=1S/C16H10F3N3OS/c17-10-4-5-11(15(19)14(10)18)21-9-3-6-13(20-8-9)22-16(23)12-2-1-7-24-12/h1-8,21H,(H,20,22,23). The fourth-order valence-corrected chi connectivity index (χ4v) is 2.52. The summed E-state index contributed by atoms with van der Waals surface area (Å²) in [4.78, 5) is 16.4. The number of halogens is 3. The monoisotopic (exact) mass is 349 g/mol. The summed E-state index contributed by atoms with van der Waals surface area (Å²) >= 11 is 1.30. The van der Waals surface area contributed by atoms with Crippen molar-refractivity contribution in [2.45, 2.75) is 0 Å². The summed E-state index contributed by atoms with van der Waals surface area (Å²) in [6, 6.07) is 8.38. The van der Waals surface area contributed by atoms with Gasteiger partial charge in [-0.15, -0.1) is 11.3 Å². The first kappa shape index (κ1) is 16.0. The predicted molar refractivity (Wildman–Crippen MR) is 86.1 cm³/mol. The summed E-state index contributed by atoms with van der Waals surface area (Å²) in [7, 11) is 0. The van der Waals surface area contributed by atoms with E-state index in [0.29, 0.717) is 16.4 Å². The number of pyridine rings is 1. The van der Waals surface area contributed by atoms with Crippen LogP contribution in [0.2, 0.25) is 0 Å². The van der Waals surface area contributed by atoms with E-state index in [-0.39, 0.29) is 11.6 Å². The van der Waals surface area contributed by atoms with Crippen molar-refractivity contribution in [1.82, 2.24) is 4.98 Å². The van der Waals surface area contributed by atoms with Crippen molar-refractivity contribution in [2.24, 2.45) is 0 Å². The smallest absolute Gasteiger partial charge is 0.266 e. The van der Waals surface area contributed by atoms with Crippen LogP contribution in [0.5, 0.6) is 0 Å². The fourth-order valence-electron chi connectivity index (χ4n) is 1.91. The summed E-state index contributed by atoms with van der Waals surface area (Å²) in [5, 5.41) is 6.99. The van der Waals surface area contributed by atoms with E-state index in [0.717, 1.165) is 12.1 Å². The molecule has 1 amide bonds. The fraction of sp³-hybridized carbons (Fsp3) is 0. The third kappa shape index (κ3) is 3.38. The highest BCUT2D eigenvalue weighted by Gasteiger charge is 2.13. The number of benzene rings is 1. The SMILES string of the molecule is O=C(Nc1ccc(Nc2ccc(F)c(F)c2F)cn1)c1cccs1. The zero-order valence-electron chi connectivity index (χ0n) is 12.0. The Kier molecular flexibility index (Phi) is 4.48. The summed E-state index contributed by atoms with van der Waals surface area (Å²) in [6.45, 7) is 0. The lowest BCUT2D eigenvalue weighted by molar-refractivity contribution is 0.103. The molecule has 122 valence electrons. The number of anilines is 3. The van der Waals surface area contributed by atoms with Crippen LogP contribution >= 0.6 is 11.3 Å². The van der Waals surface area contributed by atoms with Gasteiger partial charge >= 0.3 is 0 Å². The van der Waals surface area contributed by atoms with Gasteiger partial charge in [-0.05, 0) is 35.7 Å². The minimum atomic E-state index is -1.55.